The molecule has 0 aromatic carbocycles. The number of aromatic nitrogens is 2. The lowest BCUT2D eigenvalue weighted by atomic mass is 9.95. The summed E-state index contributed by atoms with van der Waals surface area (Å²) in [6.45, 7) is 3.64. The minimum absolute atomic E-state index is 0.00553. The summed E-state index contributed by atoms with van der Waals surface area (Å²) in [4.78, 5) is 11.9. The summed E-state index contributed by atoms with van der Waals surface area (Å²) in [5.74, 6) is -0.297. The van der Waals surface area contributed by atoms with Gasteiger partial charge in [-0.2, -0.15) is 18.3 Å². The van der Waals surface area contributed by atoms with Crippen molar-refractivity contribution >= 4 is 5.91 Å². The molecule has 1 heterocycles. The molecule has 1 amide bonds. The van der Waals surface area contributed by atoms with Gasteiger partial charge in [0.1, 0.15) is 6.54 Å². The standard InChI is InChI=1S/C14H20F3N3O/c1-3-9(2)18-12(21)8-20-11-7-5-4-6-10(11)13(19-20)14(15,16)17/h9H,3-8H2,1-2H3,(H,18,21)/t9-/m0/s1. The van der Waals surface area contributed by atoms with E-state index in [-0.39, 0.29) is 24.1 Å². The van der Waals surface area contributed by atoms with E-state index in [2.05, 4.69) is 10.4 Å². The molecule has 7 heteroatoms. The second kappa shape index (κ2) is 6.07. The number of nitrogens with zero attached hydrogens (tertiary/aromatic N) is 2. The zero-order valence-electron chi connectivity index (χ0n) is 12.3. The monoisotopic (exact) mass is 303 g/mol. The van der Waals surface area contributed by atoms with Crippen molar-refractivity contribution in [3.63, 3.8) is 0 Å². The number of fused-ring (bicyclic) bond motifs is 1. The van der Waals surface area contributed by atoms with Crippen molar-refractivity contribution in [1.82, 2.24) is 15.1 Å². The molecule has 0 radical (unpaired) electrons. The molecule has 1 aromatic rings. The first-order valence-electron chi connectivity index (χ1n) is 7.28. The normalized spacial score (nSPS) is 16.4. The molecule has 118 valence electrons. The Labute approximate surface area is 121 Å². The van der Waals surface area contributed by atoms with E-state index in [4.69, 9.17) is 0 Å². The Kier molecular flexibility index (Phi) is 4.58. The van der Waals surface area contributed by atoms with Gasteiger partial charge in [0.2, 0.25) is 5.91 Å². The molecule has 0 aliphatic heterocycles. The fourth-order valence-electron chi connectivity index (χ4n) is 2.59. The van der Waals surface area contributed by atoms with Gasteiger partial charge in [-0.1, -0.05) is 6.92 Å². The van der Waals surface area contributed by atoms with E-state index in [1.165, 1.54) is 4.68 Å². The molecular weight excluding hydrogens is 283 g/mol. The molecule has 0 unspecified atom stereocenters. The highest BCUT2D eigenvalue weighted by atomic mass is 19.4. The molecule has 4 nitrogen and oxygen atoms in total. The molecule has 1 aromatic heterocycles. The third-order valence-corrected chi connectivity index (χ3v) is 3.84. The second-order valence-corrected chi connectivity index (χ2v) is 5.51. The van der Waals surface area contributed by atoms with Gasteiger partial charge < -0.3 is 5.32 Å². The first kappa shape index (κ1) is 15.9. The number of alkyl halides is 3. The summed E-state index contributed by atoms with van der Waals surface area (Å²) in [5, 5.41) is 6.42. The van der Waals surface area contributed by atoms with Crippen LogP contribution in [0.1, 0.15) is 50.1 Å². The van der Waals surface area contributed by atoms with E-state index in [0.29, 0.717) is 18.5 Å². The molecule has 0 fully saturated rings. The number of hydrogen-bond donors (Lipinski definition) is 1. The quantitative estimate of drug-likeness (QED) is 0.929. The first-order valence-corrected chi connectivity index (χ1v) is 7.28. The van der Waals surface area contributed by atoms with Gasteiger partial charge >= 0.3 is 6.18 Å². The lowest BCUT2D eigenvalue weighted by molar-refractivity contribution is -0.142. The van der Waals surface area contributed by atoms with Crippen molar-refractivity contribution in [2.45, 2.75) is 64.7 Å². The third kappa shape index (κ3) is 3.57. The van der Waals surface area contributed by atoms with Crippen LogP contribution in [0.4, 0.5) is 13.2 Å². The Balaban J connectivity index is 2.24. The summed E-state index contributed by atoms with van der Waals surface area (Å²) in [6.07, 6.45) is -1.17. The van der Waals surface area contributed by atoms with Crippen LogP contribution in [-0.2, 0) is 30.4 Å². The number of rotatable bonds is 4. The fourth-order valence-corrected chi connectivity index (χ4v) is 2.59. The number of halogens is 3. The molecule has 0 saturated carbocycles. The summed E-state index contributed by atoms with van der Waals surface area (Å²) in [7, 11) is 0. The summed E-state index contributed by atoms with van der Waals surface area (Å²) >= 11 is 0. The maximum absolute atomic E-state index is 13.0. The van der Waals surface area contributed by atoms with E-state index in [1.807, 2.05) is 13.8 Å². The van der Waals surface area contributed by atoms with Gasteiger partial charge in [0.25, 0.3) is 0 Å². The van der Waals surface area contributed by atoms with Crippen LogP contribution in [0.3, 0.4) is 0 Å². The van der Waals surface area contributed by atoms with Gasteiger partial charge in [-0.05, 0) is 39.0 Å². The number of carbonyl (C=O) groups excluding carboxylic acids is 1. The van der Waals surface area contributed by atoms with E-state index in [0.717, 1.165) is 19.3 Å². The van der Waals surface area contributed by atoms with Crippen LogP contribution in [0.2, 0.25) is 0 Å². The van der Waals surface area contributed by atoms with Crippen LogP contribution < -0.4 is 5.32 Å². The Hall–Kier alpha value is -1.53. The zero-order valence-corrected chi connectivity index (χ0v) is 12.3. The number of nitrogens with one attached hydrogen (secondary N) is 1. The highest BCUT2D eigenvalue weighted by Gasteiger charge is 2.39. The Morgan fingerprint density at radius 2 is 2.05 bits per heavy atom. The Morgan fingerprint density at radius 3 is 2.67 bits per heavy atom. The molecule has 1 aliphatic carbocycles. The van der Waals surface area contributed by atoms with Crippen LogP contribution in [-0.4, -0.2) is 21.7 Å². The molecule has 0 spiro atoms. The average Bonchev–Trinajstić information content (AvgIpc) is 2.77. The molecule has 2 rings (SSSR count). The topological polar surface area (TPSA) is 46.9 Å². The Morgan fingerprint density at radius 1 is 1.38 bits per heavy atom. The maximum atomic E-state index is 13.0. The minimum Gasteiger partial charge on any atom is -0.352 e. The van der Waals surface area contributed by atoms with Crippen LogP contribution in [0.15, 0.2) is 0 Å². The summed E-state index contributed by atoms with van der Waals surface area (Å²) in [6, 6.07) is 0.00553. The van der Waals surface area contributed by atoms with Gasteiger partial charge in [-0.15, -0.1) is 0 Å². The molecule has 21 heavy (non-hydrogen) atoms. The van der Waals surface area contributed by atoms with Gasteiger partial charge in [-0.3, -0.25) is 9.48 Å². The van der Waals surface area contributed by atoms with E-state index in [9.17, 15) is 18.0 Å². The van der Waals surface area contributed by atoms with Crippen molar-refractivity contribution in [3.05, 3.63) is 17.0 Å². The van der Waals surface area contributed by atoms with Gasteiger partial charge in [0, 0.05) is 17.3 Å². The largest absolute Gasteiger partial charge is 0.435 e. The molecule has 1 N–H and O–H groups in total. The van der Waals surface area contributed by atoms with E-state index < -0.39 is 11.9 Å². The van der Waals surface area contributed by atoms with Crippen molar-refractivity contribution in [2.24, 2.45) is 0 Å². The number of amides is 1. The van der Waals surface area contributed by atoms with E-state index >= 15 is 0 Å². The third-order valence-electron chi connectivity index (χ3n) is 3.84. The molecule has 0 bridgehead atoms. The van der Waals surface area contributed by atoms with Gasteiger partial charge in [-0.25, -0.2) is 0 Å². The molecule has 1 atom stereocenters. The highest BCUT2D eigenvalue weighted by molar-refractivity contribution is 5.76. The van der Waals surface area contributed by atoms with Crippen molar-refractivity contribution < 1.29 is 18.0 Å². The highest BCUT2D eigenvalue weighted by Crippen LogP contribution is 2.35. The molecule has 1 aliphatic rings. The van der Waals surface area contributed by atoms with Crippen LogP contribution in [0.5, 0.6) is 0 Å². The first-order chi connectivity index (χ1) is 9.82. The summed E-state index contributed by atoms with van der Waals surface area (Å²) in [5.41, 5.74) is 0.00602. The molecular formula is C14H20F3N3O. The smallest absolute Gasteiger partial charge is 0.352 e. The van der Waals surface area contributed by atoms with Crippen LogP contribution in [0, 0.1) is 0 Å². The van der Waals surface area contributed by atoms with Crippen molar-refractivity contribution in [2.75, 3.05) is 0 Å². The predicted molar refractivity (Wildman–Crippen MR) is 71.8 cm³/mol. The van der Waals surface area contributed by atoms with Crippen LogP contribution >= 0.6 is 0 Å². The van der Waals surface area contributed by atoms with Crippen molar-refractivity contribution in [1.29, 1.82) is 0 Å². The van der Waals surface area contributed by atoms with Gasteiger partial charge in [0.15, 0.2) is 5.69 Å². The van der Waals surface area contributed by atoms with Crippen molar-refractivity contribution in [3.8, 4) is 0 Å². The fraction of sp³-hybridized carbons (Fsp3) is 0.714. The SMILES string of the molecule is CC[C@H](C)NC(=O)Cn1nc(C(F)(F)F)c2c1CCCC2. The number of hydrogen-bond acceptors (Lipinski definition) is 2. The maximum Gasteiger partial charge on any atom is 0.435 e. The second-order valence-electron chi connectivity index (χ2n) is 5.51. The Bertz CT molecular complexity index is 522. The summed E-state index contributed by atoms with van der Waals surface area (Å²) < 4.78 is 40.3. The van der Waals surface area contributed by atoms with Gasteiger partial charge in [0.05, 0.1) is 0 Å². The average molecular weight is 303 g/mol. The minimum atomic E-state index is -4.46. The van der Waals surface area contributed by atoms with Crippen LogP contribution in [0.25, 0.3) is 0 Å². The lowest BCUT2D eigenvalue weighted by Crippen LogP contribution is -2.35. The molecule has 0 saturated heterocycles. The lowest BCUT2D eigenvalue weighted by Gasteiger charge is -2.15. The predicted octanol–water partition coefficient (Wildman–Crippen LogP) is 2.70. The number of carbonyl (C=O) groups is 1. The zero-order chi connectivity index (χ0) is 15.6. The van der Waals surface area contributed by atoms with E-state index in [1.54, 1.807) is 0 Å².